The molecule has 2 aromatic heterocycles. The Hall–Kier alpha value is -1.36. The molecular formula is C13H14BrN3O. The molecule has 0 spiro atoms. The van der Waals surface area contributed by atoms with Gasteiger partial charge in [0, 0.05) is 17.7 Å². The molecule has 0 aliphatic heterocycles. The molecule has 18 heavy (non-hydrogen) atoms. The molecule has 1 aliphatic rings. The Morgan fingerprint density at radius 3 is 2.67 bits per heavy atom. The summed E-state index contributed by atoms with van der Waals surface area (Å²) in [7, 11) is 0. The van der Waals surface area contributed by atoms with Crippen molar-refractivity contribution in [2.45, 2.75) is 31.6 Å². The number of nitrogens with two attached hydrogens (primary N) is 1. The Kier molecular flexibility index (Phi) is 3.07. The molecule has 0 aromatic carbocycles. The van der Waals surface area contributed by atoms with Gasteiger partial charge in [-0.05, 0) is 40.9 Å². The Morgan fingerprint density at radius 1 is 1.22 bits per heavy atom. The molecule has 0 bridgehead atoms. The third kappa shape index (κ3) is 2.27. The van der Waals surface area contributed by atoms with E-state index in [0.717, 1.165) is 5.69 Å². The zero-order chi connectivity index (χ0) is 12.5. The van der Waals surface area contributed by atoms with Crippen molar-refractivity contribution in [1.82, 2.24) is 9.97 Å². The average molecular weight is 308 g/mol. The van der Waals surface area contributed by atoms with Crippen molar-refractivity contribution in [3.63, 3.8) is 0 Å². The maximum Gasteiger partial charge on any atom is 0.197 e. The molecule has 5 heteroatoms. The average Bonchev–Trinajstić information content (AvgIpc) is 2.98. The van der Waals surface area contributed by atoms with Crippen LogP contribution < -0.4 is 5.73 Å². The summed E-state index contributed by atoms with van der Waals surface area (Å²) >= 11 is 3.28. The Labute approximate surface area is 114 Å². The number of furan rings is 1. The zero-order valence-electron chi connectivity index (χ0n) is 9.90. The fourth-order valence-electron chi connectivity index (χ4n) is 2.46. The number of anilines is 1. The van der Waals surface area contributed by atoms with Crippen LogP contribution in [0.5, 0.6) is 0 Å². The van der Waals surface area contributed by atoms with Gasteiger partial charge in [-0.2, -0.15) is 0 Å². The fraction of sp³-hybridized carbons (Fsp3) is 0.385. The fourth-order valence-corrected chi connectivity index (χ4v) is 2.77. The van der Waals surface area contributed by atoms with E-state index in [-0.39, 0.29) is 0 Å². The summed E-state index contributed by atoms with van der Waals surface area (Å²) in [6.07, 6.45) is 4.93. The van der Waals surface area contributed by atoms with Crippen LogP contribution in [0.25, 0.3) is 11.6 Å². The highest BCUT2D eigenvalue weighted by molar-refractivity contribution is 9.10. The van der Waals surface area contributed by atoms with E-state index in [1.165, 1.54) is 25.7 Å². The van der Waals surface area contributed by atoms with E-state index in [9.17, 15) is 0 Å². The maximum absolute atomic E-state index is 5.87. The number of nitrogens with zero attached hydrogens (tertiary/aromatic N) is 2. The lowest BCUT2D eigenvalue weighted by Gasteiger charge is -2.09. The van der Waals surface area contributed by atoms with Crippen molar-refractivity contribution in [2.24, 2.45) is 0 Å². The first-order chi connectivity index (χ1) is 8.72. The van der Waals surface area contributed by atoms with Gasteiger partial charge in [-0.25, -0.2) is 9.97 Å². The molecule has 2 heterocycles. The molecule has 1 fully saturated rings. The van der Waals surface area contributed by atoms with Gasteiger partial charge in [0.1, 0.15) is 5.82 Å². The number of hydrogen-bond donors (Lipinski definition) is 1. The summed E-state index contributed by atoms with van der Waals surface area (Å²) in [5.41, 5.74) is 6.91. The Balaban J connectivity index is 1.99. The van der Waals surface area contributed by atoms with E-state index in [4.69, 9.17) is 10.2 Å². The lowest BCUT2D eigenvalue weighted by molar-refractivity contribution is 0.550. The third-order valence-electron chi connectivity index (χ3n) is 3.33. The van der Waals surface area contributed by atoms with Gasteiger partial charge in [-0.1, -0.05) is 12.8 Å². The van der Waals surface area contributed by atoms with Crippen LogP contribution in [0, 0.1) is 0 Å². The summed E-state index contributed by atoms with van der Waals surface area (Å²) in [5.74, 6) is 2.25. The lowest BCUT2D eigenvalue weighted by atomic mass is 10.0. The molecule has 2 N–H and O–H groups in total. The van der Waals surface area contributed by atoms with E-state index in [2.05, 4.69) is 25.9 Å². The summed E-state index contributed by atoms with van der Waals surface area (Å²) in [5, 5.41) is 0. The van der Waals surface area contributed by atoms with Crippen LogP contribution in [0.1, 0.15) is 37.3 Å². The maximum atomic E-state index is 5.87. The van der Waals surface area contributed by atoms with Crippen LogP contribution >= 0.6 is 15.9 Å². The molecule has 0 amide bonds. The summed E-state index contributed by atoms with van der Waals surface area (Å²) < 4.78 is 6.15. The smallest absolute Gasteiger partial charge is 0.197 e. The minimum Gasteiger partial charge on any atom is -0.446 e. The second-order valence-corrected chi connectivity index (χ2v) is 5.41. The van der Waals surface area contributed by atoms with Gasteiger partial charge in [0.15, 0.2) is 16.3 Å². The number of rotatable bonds is 2. The summed E-state index contributed by atoms with van der Waals surface area (Å²) in [6, 6.07) is 5.56. The molecule has 0 saturated heterocycles. The number of nitrogen functional groups attached to an aromatic ring is 1. The van der Waals surface area contributed by atoms with E-state index >= 15 is 0 Å². The van der Waals surface area contributed by atoms with Gasteiger partial charge in [0.25, 0.3) is 0 Å². The molecule has 0 radical (unpaired) electrons. The van der Waals surface area contributed by atoms with Gasteiger partial charge in [-0.15, -0.1) is 0 Å². The normalized spacial score (nSPS) is 16.3. The SMILES string of the molecule is Nc1cc(C2CCCC2)nc(-c2ccc(Br)o2)n1. The van der Waals surface area contributed by atoms with E-state index in [1.807, 2.05) is 18.2 Å². The first kappa shape index (κ1) is 11.7. The highest BCUT2D eigenvalue weighted by Crippen LogP contribution is 2.34. The summed E-state index contributed by atoms with van der Waals surface area (Å²) in [6.45, 7) is 0. The lowest BCUT2D eigenvalue weighted by Crippen LogP contribution is -2.03. The Morgan fingerprint density at radius 2 is 2.00 bits per heavy atom. The van der Waals surface area contributed by atoms with Crippen LogP contribution in [0.15, 0.2) is 27.3 Å². The van der Waals surface area contributed by atoms with Crippen LogP contribution in [-0.2, 0) is 0 Å². The van der Waals surface area contributed by atoms with Crippen LogP contribution in [0.3, 0.4) is 0 Å². The molecule has 0 atom stereocenters. The van der Waals surface area contributed by atoms with Crippen molar-refractivity contribution in [3.8, 4) is 11.6 Å². The number of halogens is 1. The molecule has 4 nitrogen and oxygen atoms in total. The van der Waals surface area contributed by atoms with Gasteiger partial charge in [0.2, 0.25) is 0 Å². The largest absolute Gasteiger partial charge is 0.446 e. The van der Waals surface area contributed by atoms with E-state index in [0.29, 0.717) is 28.0 Å². The standard InChI is InChI=1S/C13H14BrN3O/c14-11-6-5-10(18-11)13-16-9(7-12(15)17-13)8-3-1-2-4-8/h5-8H,1-4H2,(H2,15,16,17). The van der Waals surface area contributed by atoms with Crippen LogP contribution in [0.2, 0.25) is 0 Å². The monoisotopic (exact) mass is 307 g/mol. The molecular weight excluding hydrogens is 294 g/mol. The van der Waals surface area contributed by atoms with Crippen molar-refractivity contribution in [3.05, 3.63) is 28.6 Å². The minimum atomic E-state index is 0.509. The molecule has 1 aliphatic carbocycles. The first-order valence-corrected chi connectivity index (χ1v) is 6.92. The second-order valence-electron chi connectivity index (χ2n) is 4.63. The molecule has 94 valence electrons. The van der Waals surface area contributed by atoms with Crippen molar-refractivity contribution in [2.75, 3.05) is 5.73 Å². The second kappa shape index (κ2) is 4.72. The Bertz CT molecular complexity index is 561. The minimum absolute atomic E-state index is 0.509. The topological polar surface area (TPSA) is 64.9 Å². The number of aromatic nitrogens is 2. The van der Waals surface area contributed by atoms with Crippen LogP contribution in [0.4, 0.5) is 5.82 Å². The summed E-state index contributed by atoms with van der Waals surface area (Å²) in [4.78, 5) is 8.83. The highest BCUT2D eigenvalue weighted by Gasteiger charge is 2.20. The van der Waals surface area contributed by atoms with E-state index in [1.54, 1.807) is 0 Å². The molecule has 2 aromatic rings. The zero-order valence-corrected chi connectivity index (χ0v) is 11.5. The predicted molar refractivity (Wildman–Crippen MR) is 73.1 cm³/mol. The highest BCUT2D eigenvalue weighted by atomic mass is 79.9. The third-order valence-corrected chi connectivity index (χ3v) is 3.76. The van der Waals surface area contributed by atoms with Gasteiger partial charge in [-0.3, -0.25) is 0 Å². The van der Waals surface area contributed by atoms with Crippen molar-refractivity contribution < 1.29 is 4.42 Å². The van der Waals surface area contributed by atoms with Gasteiger partial charge >= 0.3 is 0 Å². The van der Waals surface area contributed by atoms with Gasteiger partial charge in [0.05, 0.1) is 0 Å². The van der Waals surface area contributed by atoms with Crippen molar-refractivity contribution in [1.29, 1.82) is 0 Å². The quantitative estimate of drug-likeness (QED) is 0.918. The first-order valence-electron chi connectivity index (χ1n) is 6.12. The van der Waals surface area contributed by atoms with Gasteiger partial charge < -0.3 is 10.2 Å². The van der Waals surface area contributed by atoms with Crippen LogP contribution in [-0.4, -0.2) is 9.97 Å². The number of hydrogen-bond acceptors (Lipinski definition) is 4. The van der Waals surface area contributed by atoms with E-state index < -0.39 is 0 Å². The van der Waals surface area contributed by atoms with Crippen molar-refractivity contribution >= 4 is 21.7 Å². The predicted octanol–water partition coefficient (Wildman–Crippen LogP) is 3.74. The molecule has 0 unspecified atom stereocenters. The molecule has 3 rings (SSSR count). The molecule has 1 saturated carbocycles.